The smallest absolute Gasteiger partial charge is 0.205 e. The summed E-state index contributed by atoms with van der Waals surface area (Å²) in [5.74, 6) is -0.969. The molecule has 1 aliphatic rings. The Hall–Kier alpha value is -3.46. The van der Waals surface area contributed by atoms with Crippen molar-refractivity contribution in [2.45, 2.75) is 6.17 Å². The van der Waals surface area contributed by atoms with Crippen molar-refractivity contribution >= 4 is 40.2 Å². The van der Waals surface area contributed by atoms with E-state index in [0.717, 1.165) is 6.07 Å². The zero-order valence-electron chi connectivity index (χ0n) is 14.0. The number of halogens is 3. The number of nitrogens with two attached hydrogens (primary N) is 1. The number of nitrogens with zero attached hydrogens (tertiary/aromatic N) is 2. The molecule has 7 nitrogen and oxygen atoms in total. The lowest BCUT2D eigenvalue weighted by Crippen LogP contribution is -2.44. The fourth-order valence-electron chi connectivity index (χ4n) is 2.68. The minimum Gasteiger partial charge on any atom is -0.464 e. The number of guanidine groups is 2. The average Bonchev–Trinajstić information content (AvgIpc) is 2.65. The van der Waals surface area contributed by atoms with Crippen LogP contribution < -0.4 is 21.8 Å². The maximum Gasteiger partial charge on any atom is 0.205 e. The molecule has 1 aromatic heterocycles. The highest BCUT2D eigenvalue weighted by Gasteiger charge is 2.22. The molecule has 28 heavy (non-hydrogen) atoms. The Balaban J connectivity index is 1.71. The monoisotopic (exact) mass is 403 g/mol. The SMILES string of the molecule is NC1=NC(c2coc3ccc(F)cc3c2=O)N=C(Nc2ccc(F)c(Cl)c2)N1. The molecule has 10 heteroatoms. The molecule has 0 saturated carbocycles. The number of hydrogen-bond donors (Lipinski definition) is 3. The fourth-order valence-corrected chi connectivity index (χ4v) is 2.86. The van der Waals surface area contributed by atoms with E-state index in [-0.39, 0.29) is 33.5 Å². The molecule has 142 valence electrons. The highest BCUT2D eigenvalue weighted by Crippen LogP contribution is 2.23. The average molecular weight is 404 g/mol. The van der Waals surface area contributed by atoms with Gasteiger partial charge in [-0.2, -0.15) is 0 Å². The number of fused-ring (bicyclic) bond motifs is 1. The van der Waals surface area contributed by atoms with Crippen LogP contribution in [0.3, 0.4) is 0 Å². The molecule has 0 spiro atoms. The minimum atomic E-state index is -1.01. The first kappa shape index (κ1) is 17.9. The molecule has 3 aromatic rings. The van der Waals surface area contributed by atoms with E-state index < -0.39 is 23.2 Å². The predicted octanol–water partition coefficient (Wildman–Crippen LogP) is 3.11. The summed E-state index contributed by atoms with van der Waals surface area (Å²) in [6.07, 6.45) is 0.203. The summed E-state index contributed by atoms with van der Waals surface area (Å²) >= 11 is 5.77. The first-order valence-corrected chi connectivity index (χ1v) is 8.39. The molecule has 1 aliphatic heterocycles. The first-order valence-electron chi connectivity index (χ1n) is 8.02. The van der Waals surface area contributed by atoms with Gasteiger partial charge in [-0.25, -0.2) is 18.8 Å². The van der Waals surface area contributed by atoms with Gasteiger partial charge in [-0.05, 0) is 36.4 Å². The zero-order chi connectivity index (χ0) is 19.8. The van der Waals surface area contributed by atoms with E-state index in [9.17, 15) is 13.6 Å². The molecule has 1 unspecified atom stereocenters. The molecule has 0 radical (unpaired) electrons. The second-order valence-electron chi connectivity index (χ2n) is 5.91. The highest BCUT2D eigenvalue weighted by atomic mass is 35.5. The Kier molecular flexibility index (Phi) is 4.44. The predicted molar refractivity (Wildman–Crippen MR) is 102 cm³/mol. The largest absolute Gasteiger partial charge is 0.464 e. The van der Waals surface area contributed by atoms with Crippen LogP contribution in [0.4, 0.5) is 14.5 Å². The van der Waals surface area contributed by atoms with Crippen LogP contribution in [-0.4, -0.2) is 11.9 Å². The van der Waals surface area contributed by atoms with Gasteiger partial charge in [0.1, 0.15) is 23.5 Å². The van der Waals surface area contributed by atoms with Crippen LogP contribution in [0.2, 0.25) is 5.02 Å². The number of hydrogen-bond acceptors (Lipinski definition) is 7. The summed E-state index contributed by atoms with van der Waals surface area (Å²) in [6, 6.07) is 7.66. The van der Waals surface area contributed by atoms with Gasteiger partial charge in [-0.15, -0.1) is 0 Å². The summed E-state index contributed by atoms with van der Waals surface area (Å²) in [4.78, 5) is 21.1. The number of aliphatic imine (C=N–C) groups is 2. The first-order chi connectivity index (χ1) is 13.4. The molecule has 2 heterocycles. The van der Waals surface area contributed by atoms with Crippen molar-refractivity contribution in [1.29, 1.82) is 0 Å². The van der Waals surface area contributed by atoms with E-state index in [2.05, 4.69) is 20.6 Å². The van der Waals surface area contributed by atoms with Crippen molar-refractivity contribution in [1.82, 2.24) is 5.32 Å². The van der Waals surface area contributed by atoms with Gasteiger partial charge in [0.25, 0.3) is 0 Å². The molecular weight excluding hydrogens is 392 g/mol. The van der Waals surface area contributed by atoms with Crippen molar-refractivity contribution < 1.29 is 13.2 Å². The van der Waals surface area contributed by atoms with E-state index in [4.69, 9.17) is 21.8 Å². The van der Waals surface area contributed by atoms with Gasteiger partial charge in [0.15, 0.2) is 17.6 Å². The summed E-state index contributed by atoms with van der Waals surface area (Å²) in [5.41, 5.74) is 6.08. The van der Waals surface area contributed by atoms with Gasteiger partial charge < -0.3 is 15.5 Å². The standard InChI is InChI=1S/C18H12ClF2N5O2/c19-12-6-9(2-3-13(12)21)23-18-25-16(24-17(22)26-18)11-7-28-14-4-1-8(20)5-10(14)15(11)27/h1-7,16H,(H4,22,23,24,25,26). The summed E-state index contributed by atoms with van der Waals surface area (Å²) in [7, 11) is 0. The number of nitrogens with one attached hydrogen (secondary N) is 2. The molecule has 0 bridgehead atoms. The van der Waals surface area contributed by atoms with Crippen molar-refractivity contribution in [2.75, 3.05) is 5.32 Å². The van der Waals surface area contributed by atoms with Gasteiger partial charge in [0, 0.05) is 5.69 Å². The van der Waals surface area contributed by atoms with E-state index in [1.807, 2.05) is 0 Å². The Morgan fingerprint density at radius 1 is 1.18 bits per heavy atom. The van der Waals surface area contributed by atoms with Gasteiger partial charge in [0.2, 0.25) is 5.96 Å². The molecule has 4 N–H and O–H groups in total. The summed E-state index contributed by atoms with van der Waals surface area (Å²) < 4.78 is 32.2. The van der Waals surface area contributed by atoms with Crippen LogP contribution in [0.25, 0.3) is 11.0 Å². The quantitative estimate of drug-likeness (QED) is 0.609. The lowest BCUT2D eigenvalue weighted by molar-refractivity contribution is 0.575. The van der Waals surface area contributed by atoms with Crippen molar-refractivity contribution in [3.63, 3.8) is 0 Å². The Morgan fingerprint density at radius 3 is 2.79 bits per heavy atom. The van der Waals surface area contributed by atoms with E-state index >= 15 is 0 Å². The molecule has 0 fully saturated rings. The maximum atomic E-state index is 13.5. The fraction of sp³-hybridized carbons (Fsp3) is 0.0556. The maximum absolute atomic E-state index is 13.5. The second-order valence-corrected chi connectivity index (χ2v) is 6.31. The van der Waals surface area contributed by atoms with Crippen LogP contribution in [0.15, 0.2) is 61.9 Å². The van der Waals surface area contributed by atoms with Crippen LogP contribution in [0.5, 0.6) is 0 Å². The molecule has 2 aromatic carbocycles. The van der Waals surface area contributed by atoms with Crippen molar-refractivity contribution in [2.24, 2.45) is 15.7 Å². The van der Waals surface area contributed by atoms with E-state index in [1.54, 1.807) is 0 Å². The van der Waals surface area contributed by atoms with Crippen molar-refractivity contribution in [3.05, 3.63) is 75.1 Å². The number of anilines is 1. The van der Waals surface area contributed by atoms with Gasteiger partial charge in [0.05, 0.1) is 16.0 Å². The van der Waals surface area contributed by atoms with E-state index in [0.29, 0.717) is 5.69 Å². The molecule has 4 rings (SSSR count). The number of benzene rings is 2. The van der Waals surface area contributed by atoms with Crippen LogP contribution in [0, 0.1) is 11.6 Å². The molecule has 0 amide bonds. The molecular formula is C18H12ClF2N5O2. The Bertz CT molecular complexity index is 1210. The molecule has 0 saturated heterocycles. The van der Waals surface area contributed by atoms with Gasteiger partial charge in [-0.3, -0.25) is 10.1 Å². The van der Waals surface area contributed by atoms with Gasteiger partial charge in [-0.1, -0.05) is 11.6 Å². The van der Waals surface area contributed by atoms with Gasteiger partial charge >= 0.3 is 0 Å². The molecule has 0 aliphatic carbocycles. The highest BCUT2D eigenvalue weighted by molar-refractivity contribution is 6.31. The zero-order valence-corrected chi connectivity index (χ0v) is 14.8. The van der Waals surface area contributed by atoms with Crippen LogP contribution >= 0.6 is 11.6 Å². The lowest BCUT2D eigenvalue weighted by Gasteiger charge is -2.20. The topological polar surface area (TPSA) is 105 Å². The lowest BCUT2D eigenvalue weighted by atomic mass is 10.1. The Labute approximate surface area is 161 Å². The van der Waals surface area contributed by atoms with Crippen LogP contribution in [-0.2, 0) is 0 Å². The van der Waals surface area contributed by atoms with E-state index in [1.165, 1.54) is 36.6 Å². The summed E-state index contributed by atoms with van der Waals surface area (Å²) in [5, 5.41) is 5.58. The normalized spacial score (nSPS) is 16.3. The Morgan fingerprint density at radius 2 is 2.00 bits per heavy atom. The molecule has 1 atom stereocenters. The second kappa shape index (κ2) is 6.93. The van der Waals surface area contributed by atoms with Crippen LogP contribution in [0.1, 0.15) is 11.7 Å². The third-order valence-corrected chi connectivity index (χ3v) is 4.27. The third-order valence-electron chi connectivity index (χ3n) is 3.98. The summed E-state index contributed by atoms with van der Waals surface area (Å²) in [6.45, 7) is 0. The van der Waals surface area contributed by atoms with Crippen molar-refractivity contribution in [3.8, 4) is 0 Å². The third kappa shape index (κ3) is 3.39. The minimum absolute atomic E-state index is 0.00514. The number of rotatable bonds is 2.